The van der Waals surface area contributed by atoms with E-state index in [1.165, 1.54) is 205 Å². The molecule has 0 spiro atoms. The monoisotopic (exact) mass is 1650 g/mol. The molecule has 0 aliphatic heterocycles. The third kappa shape index (κ3) is 90.3. The van der Waals surface area contributed by atoms with Gasteiger partial charge < -0.3 is 34.2 Å². The molecule has 0 fully saturated rings. The number of aliphatic hydroxyl groups excluding tert-OH is 2. The molecule has 5 atom stereocenters. The molecule has 0 aromatic rings. The lowest BCUT2D eigenvalue weighted by atomic mass is 10.0. The van der Waals surface area contributed by atoms with Crippen LogP contribution in [-0.4, -0.2) is 95.9 Å². The van der Waals surface area contributed by atoms with Crippen molar-refractivity contribution in [3.05, 3.63) is 134 Å². The van der Waals surface area contributed by atoms with Crippen LogP contribution >= 0.6 is 15.6 Å². The molecule has 0 saturated carbocycles. The van der Waals surface area contributed by atoms with E-state index in [1.807, 2.05) is 0 Å². The molecule has 0 amide bonds. The molecule has 0 heterocycles. The fourth-order valence-electron chi connectivity index (χ4n) is 12.8. The quantitative estimate of drug-likeness (QED) is 0.0146. The van der Waals surface area contributed by atoms with E-state index >= 15 is 0 Å². The van der Waals surface area contributed by atoms with Crippen LogP contribution in [-0.2, 0) is 55.8 Å². The molecule has 0 aliphatic rings. The van der Waals surface area contributed by atoms with Crippen LogP contribution in [0.25, 0.3) is 0 Å². The molecule has 18 heteroatoms. The van der Waals surface area contributed by atoms with Gasteiger partial charge in [0, 0.05) is 19.3 Å². The van der Waals surface area contributed by atoms with Crippen molar-refractivity contribution in [1.29, 1.82) is 0 Å². The van der Waals surface area contributed by atoms with Gasteiger partial charge in [0.2, 0.25) is 0 Å². The molecule has 0 bridgehead atoms. The van der Waals surface area contributed by atoms with Crippen LogP contribution in [0.3, 0.4) is 0 Å². The smallest absolute Gasteiger partial charge is 0.463 e. The highest BCUT2D eigenvalue weighted by Gasteiger charge is 2.29. The van der Waals surface area contributed by atoms with E-state index in [1.54, 1.807) is 0 Å². The van der Waals surface area contributed by atoms with Gasteiger partial charge in [-0.1, -0.05) is 386 Å². The van der Waals surface area contributed by atoms with Gasteiger partial charge in [0.25, 0.3) is 0 Å². The number of carbonyl (C=O) groups excluding carboxylic acids is 3. The number of hydrogen-bond acceptors (Lipinski definition) is 14. The van der Waals surface area contributed by atoms with E-state index in [2.05, 4.69) is 154 Å². The Morgan fingerprint density at radius 1 is 0.252 bits per heavy atom. The summed E-state index contributed by atoms with van der Waals surface area (Å²) < 4.78 is 61.3. The number of carbonyl (C=O) groups is 3. The summed E-state index contributed by atoms with van der Waals surface area (Å²) in [6.45, 7) is 2.51. The van der Waals surface area contributed by atoms with Gasteiger partial charge in [-0.15, -0.1) is 0 Å². The van der Waals surface area contributed by atoms with E-state index in [-0.39, 0.29) is 19.3 Å². The third-order valence-electron chi connectivity index (χ3n) is 19.8. The molecule has 0 aromatic carbocycles. The Morgan fingerprint density at radius 2 is 0.478 bits per heavy atom. The molecule has 0 aliphatic carbocycles. The first-order valence-electron chi connectivity index (χ1n) is 46.5. The molecule has 4 N–H and O–H groups in total. The Labute approximate surface area is 703 Å². The predicted molar refractivity (Wildman–Crippen MR) is 482 cm³/mol. The first kappa shape index (κ1) is 111. The molecule has 0 rings (SSSR count). The van der Waals surface area contributed by atoms with Gasteiger partial charge in [-0.2, -0.15) is 0 Å². The number of phosphoric acid groups is 2. The third-order valence-corrected chi connectivity index (χ3v) is 21.7. The van der Waals surface area contributed by atoms with Crippen LogP contribution in [0.5, 0.6) is 0 Å². The minimum absolute atomic E-state index is 0.0886. The number of hydrogen-bond donors (Lipinski definition) is 4. The van der Waals surface area contributed by atoms with Crippen LogP contribution in [0.2, 0.25) is 0 Å². The maximum absolute atomic E-state index is 13.0. The van der Waals surface area contributed by atoms with Gasteiger partial charge in [0.1, 0.15) is 25.4 Å². The van der Waals surface area contributed by atoms with Crippen LogP contribution in [0, 0.1) is 0 Å². The number of rotatable bonds is 88. The standard InChI is InChI=1S/C97H170O16P2/c1-4-7-10-13-16-19-22-25-27-29-31-33-35-37-39-41-43-44-45-46-48-50-51-53-55-57-59-61-63-66-68-71-74-77-80-83-95(100)107-86-92(98)87-109-114(103,104)110-88-93(99)89-111-115(105,106)112-91-94(113-97(102)85-82-79-76-73-70-65-24-21-18-15-12-9-6-3)90-108-96(101)84-81-78-75-72-69-67-64-62-60-58-56-54-52-49-47-42-40-38-36-34-32-30-28-26-23-20-17-14-11-8-5-2/h7,10,12,15-17,19-21,24-28,31-34,37-40,92-94,98-99H,4-6,8-9,11,13-14,18,22-23,29-30,35-36,41-91H2,1-3H3,(H,103,104)(H,105,106)/b10-7-,15-12-,19-16-,20-17-,24-21-,27-25-,28-26-,33-31-,34-32-,39-37-,40-38-. The molecule has 115 heavy (non-hydrogen) atoms. The molecule has 664 valence electrons. The summed E-state index contributed by atoms with van der Waals surface area (Å²) in [4.78, 5) is 58.8. The highest BCUT2D eigenvalue weighted by Crippen LogP contribution is 2.45. The number of ether oxygens (including phenoxy) is 3. The van der Waals surface area contributed by atoms with Crippen molar-refractivity contribution >= 4 is 33.6 Å². The predicted octanol–water partition coefficient (Wildman–Crippen LogP) is 28.6. The van der Waals surface area contributed by atoms with E-state index in [4.69, 9.17) is 32.3 Å². The lowest BCUT2D eigenvalue weighted by Gasteiger charge is -2.21. The summed E-state index contributed by atoms with van der Waals surface area (Å²) in [6, 6.07) is 0. The number of allylic oxidation sites excluding steroid dienone is 22. The second kappa shape index (κ2) is 89.0. The summed E-state index contributed by atoms with van der Waals surface area (Å²) in [5.74, 6) is -1.58. The number of unbranched alkanes of at least 4 members (excludes halogenated alkanes) is 43. The lowest BCUT2D eigenvalue weighted by molar-refractivity contribution is -0.161. The maximum Gasteiger partial charge on any atom is 0.472 e. The maximum atomic E-state index is 13.0. The van der Waals surface area contributed by atoms with Gasteiger partial charge in [-0.05, 0) is 135 Å². The molecule has 0 aromatic heterocycles. The first-order valence-corrected chi connectivity index (χ1v) is 49.5. The van der Waals surface area contributed by atoms with Crippen LogP contribution in [0.4, 0.5) is 0 Å². The first-order chi connectivity index (χ1) is 56.2. The topological polar surface area (TPSA) is 231 Å². The van der Waals surface area contributed by atoms with Gasteiger partial charge in [-0.3, -0.25) is 32.5 Å². The summed E-state index contributed by atoms with van der Waals surface area (Å²) in [6.07, 6.45) is 111. The minimum Gasteiger partial charge on any atom is -0.463 e. The zero-order valence-electron chi connectivity index (χ0n) is 73.2. The van der Waals surface area contributed by atoms with Gasteiger partial charge in [0.05, 0.1) is 26.4 Å². The Morgan fingerprint density at radius 3 is 0.765 bits per heavy atom. The van der Waals surface area contributed by atoms with Crippen molar-refractivity contribution in [2.45, 2.75) is 424 Å². The van der Waals surface area contributed by atoms with Gasteiger partial charge in [0.15, 0.2) is 6.10 Å². The fourth-order valence-corrected chi connectivity index (χ4v) is 14.4. The zero-order valence-corrected chi connectivity index (χ0v) is 75.0. The highest BCUT2D eigenvalue weighted by molar-refractivity contribution is 7.47. The SMILES string of the molecule is CC/C=C\C/C=C\C/C=C\C/C=C\C/C=C\CCCCCCCCCCCCCCCCCCCCCC(=O)OCC(O)COP(=O)(O)OCC(O)COP(=O)(O)OCC(COC(=O)CCCCCCCCCCCCCCCCC/C=C\C/C=C\C/C=C\C/C=C\CCCCC)OC(=O)CCCCCCC/C=C\C/C=C\CCC. The van der Waals surface area contributed by atoms with Crippen molar-refractivity contribution < 1.29 is 75.8 Å². The van der Waals surface area contributed by atoms with Crippen LogP contribution in [0.1, 0.15) is 406 Å². The average molecular weight is 1650 g/mol. The average Bonchev–Trinajstić information content (AvgIpc) is 0.905. The van der Waals surface area contributed by atoms with E-state index in [9.17, 15) is 43.5 Å². The van der Waals surface area contributed by atoms with Gasteiger partial charge >= 0.3 is 33.6 Å². The number of esters is 3. The van der Waals surface area contributed by atoms with Crippen molar-refractivity contribution in [2.24, 2.45) is 0 Å². The highest BCUT2D eigenvalue weighted by atomic mass is 31.2. The molecular formula is C97H170O16P2. The largest absolute Gasteiger partial charge is 0.472 e. The van der Waals surface area contributed by atoms with Crippen molar-refractivity contribution in [3.63, 3.8) is 0 Å². The Bertz CT molecular complexity index is 2620. The van der Waals surface area contributed by atoms with Crippen LogP contribution < -0.4 is 0 Å². The Hall–Kier alpha value is -4.31. The van der Waals surface area contributed by atoms with E-state index in [0.717, 1.165) is 141 Å². The van der Waals surface area contributed by atoms with E-state index in [0.29, 0.717) is 19.3 Å². The summed E-state index contributed by atoms with van der Waals surface area (Å²) in [5, 5.41) is 20.7. The van der Waals surface area contributed by atoms with Gasteiger partial charge in [-0.25, -0.2) is 9.13 Å². The molecule has 0 radical (unpaired) electrons. The van der Waals surface area contributed by atoms with Crippen LogP contribution in [0.15, 0.2) is 134 Å². The summed E-state index contributed by atoms with van der Waals surface area (Å²) in [5.41, 5.74) is 0. The fraction of sp³-hybridized carbons (Fsp3) is 0.742. The van der Waals surface area contributed by atoms with Crippen molar-refractivity contribution in [1.82, 2.24) is 0 Å². The second-order valence-corrected chi connectivity index (χ2v) is 34.0. The Balaban J connectivity index is 4.36. The molecule has 5 unspecified atom stereocenters. The normalized spacial score (nSPS) is 14.4. The molecular weight excluding hydrogens is 1480 g/mol. The summed E-state index contributed by atoms with van der Waals surface area (Å²) in [7, 11) is -9.80. The van der Waals surface area contributed by atoms with E-state index < -0.39 is 91.5 Å². The minimum atomic E-state index is -4.94. The molecule has 0 saturated heterocycles. The zero-order chi connectivity index (χ0) is 83.6. The number of phosphoric ester groups is 2. The second-order valence-electron chi connectivity index (χ2n) is 31.1. The van der Waals surface area contributed by atoms with Crippen molar-refractivity contribution in [3.8, 4) is 0 Å². The summed E-state index contributed by atoms with van der Waals surface area (Å²) >= 11 is 0. The lowest BCUT2D eigenvalue weighted by Crippen LogP contribution is -2.30. The Kier molecular flexibility index (Phi) is 85.6. The molecule has 16 nitrogen and oxygen atoms in total. The number of aliphatic hydroxyl groups is 2. The van der Waals surface area contributed by atoms with Crippen molar-refractivity contribution in [2.75, 3.05) is 39.6 Å².